The van der Waals surface area contributed by atoms with Crippen LogP contribution in [0.15, 0.2) is 15.4 Å². The molecule has 7 nitrogen and oxygen atoms in total. The van der Waals surface area contributed by atoms with E-state index in [1.807, 2.05) is 4.90 Å². The van der Waals surface area contributed by atoms with Crippen molar-refractivity contribution in [2.75, 3.05) is 13.1 Å². The van der Waals surface area contributed by atoms with Gasteiger partial charge in [0.05, 0.1) is 11.6 Å². The van der Waals surface area contributed by atoms with E-state index < -0.39 is 0 Å². The maximum absolute atomic E-state index is 12.4. The predicted molar refractivity (Wildman–Crippen MR) is 77.4 cm³/mol. The SMILES string of the molecule is Cc1noc([C@H]2C[C@H]3CN(C(=O)c4cscn4)CC[C@H]3O2)n1. The van der Waals surface area contributed by atoms with Crippen LogP contribution in [0.1, 0.15) is 41.1 Å². The van der Waals surface area contributed by atoms with E-state index in [0.29, 0.717) is 36.4 Å². The van der Waals surface area contributed by atoms with Crippen molar-refractivity contribution in [1.82, 2.24) is 20.0 Å². The fourth-order valence-electron chi connectivity index (χ4n) is 3.23. The van der Waals surface area contributed by atoms with Gasteiger partial charge in [-0.15, -0.1) is 11.3 Å². The molecule has 1 amide bonds. The van der Waals surface area contributed by atoms with E-state index >= 15 is 0 Å². The third kappa shape index (κ3) is 2.42. The molecule has 0 saturated carbocycles. The number of hydrogen-bond acceptors (Lipinski definition) is 7. The molecular formula is C14H16N4O3S. The largest absolute Gasteiger partial charge is 0.365 e. The minimum absolute atomic E-state index is 0.0109. The molecule has 0 spiro atoms. The molecule has 2 aromatic rings. The fraction of sp³-hybridized carbons (Fsp3) is 0.571. The number of likely N-dealkylation sites (tertiary alicyclic amines) is 1. The highest BCUT2D eigenvalue weighted by atomic mass is 32.1. The van der Waals surface area contributed by atoms with Gasteiger partial charge in [0.1, 0.15) is 11.8 Å². The number of fused-ring (bicyclic) bond motifs is 1. The summed E-state index contributed by atoms with van der Waals surface area (Å²) >= 11 is 1.44. The lowest BCUT2D eigenvalue weighted by atomic mass is 9.92. The van der Waals surface area contributed by atoms with Crippen LogP contribution in [-0.4, -0.2) is 45.1 Å². The minimum atomic E-state index is -0.148. The Hall–Kier alpha value is -1.80. The number of carbonyl (C=O) groups is 1. The maximum Gasteiger partial charge on any atom is 0.273 e. The van der Waals surface area contributed by atoms with Crippen LogP contribution < -0.4 is 0 Å². The summed E-state index contributed by atoms with van der Waals surface area (Å²) in [6.07, 6.45) is 1.67. The lowest BCUT2D eigenvalue weighted by Gasteiger charge is -2.33. The van der Waals surface area contributed by atoms with Crippen LogP contribution in [0.5, 0.6) is 0 Å². The molecular weight excluding hydrogens is 304 g/mol. The number of amides is 1. The van der Waals surface area contributed by atoms with E-state index in [2.05, 4.69) is 15.1 Å². The monoisotopic (exact) mass is 320 g/mol. The topological polar surface area (TPSA) is 81.4 Å². The molecule has 116 valence electrons. The number of piperidine rings is 1. The van der Waals surface area contributed by atoms with Crippen LogP contribution in [0.2, 0.25) is 0 Å². The molecule has 0 unspecified atom stereocenters. The van der Waals surface area contributed by atoms with Gasteiger partial charge in [0.25, 0.3) is 11.8 Å². The van der Waals surface area contributed by atoms with Crippen LogP contribution in [0.25, 0.3) is 0 Å². The van der Waals surface area contributed by atoms with E-state index in [9.17, 15) is 4.79 Å². The van der Waals surface area contributed by atoms with Crippen molar-refractivity contribution in [2.45, 2.75) is 32.0 Å². The molecule has 3 atom stereocenters. The molecule has 0 N–H and O–H groups in total. The molecule has 8 heteroatoms. The summed E-state index contributed by atoms with van der Waals surface area (Å²) in [6, 6.07) is 0. The van der Waals surface area contributed by atoms with Gasteiger partial charge in [-0.25, -0.2) is 4.98 Å². The van der Waals surface area contributed by atoms with Crippen LogP contribution in [0.4, 0.5) is 0 Å². The Morgan fingerprint density at radius 1 is 1.50 bits per heavy atom. The highest BCUT2D eigenvalue weighted by Gasteiger charge is 2.42. The molecule has 2 saturated heterocycles. The second-order valence-corrected chi connectivity index (χ2v) is 6.47. The lowest BCUT2D eigenvalue weighted by molar-refractivity contribution is -0.00785. The quantitative estimate of drug-likeness (QED) is 0.839. The van der Waals surface area contributed by atoms with E-state index in [-0.39, 0.29) is 18.1 Å². The number of carbonyl (C=O) groups excluding carboxylic acids is 1. The zero-order chi connectivity index (χ0) is 15.1. The van der Waals surface area contributed by atoms with E-state index in [1.54, 1.807) is 17.8 Å². The summed E-state index contributed by atoms with van der Waals surface area (Å²) in [4.78, 5) is 22.6. The Morgan fingerprint density at radius 3 is 3.14 bits per heavy atom. The maximum atomic E-state index is 12.4. The summed E-state index contributed by atoms with van der Waals surface area (Å²) in [5.74, 6) is 1.49. The Morgan fingerprint density at radius 2 is 2.41 bits per heavy atom. The van der Waals surface area contributed by atoms with Crippen LogP contribution in [0, 0.1) is 12.8 Å². The van der Waals surface area contributed by atoms with Gasteiger partial charge >= 0.3 is 0 Å². The van der Waals surface area contributed by atoms with Gasteiger partial charge in [-0.1, -0.05) is 5.16 Å². The molecule has 22 heavy (non-hydrogen) atoms. The number of aryl methyl sites for hydroxylation is 1. The molecule has 0 bridgehead atoms. The molecule has 4 heterocycles. The van der Waals surface area contributed by atoms with Crippen molar-refractivity contribution in [3.8, 4) is 0 Å². The summed E-state index contributed by atoms with van der Waals surface area (Å²) < 4.78 is 11.2. The van der Waals surface area contributed by atoms with Crippen LogP contribution >= 0.6 is 11.3 Å². The summed E-state index contributed by atoms with van der Waals surface area (Å²) in [5, 5.41) is 5.61. The summed E-state index contributed by atoms with van der Waals surface area (Å²) in [7, 11) is 0. The zero-order valence-electron chi connectivity index (χ0n) is 12.1. The molecule has 2 aromatic heterocycles. The molecule has 2 aliphatic rings. The average molecular weight is 320 g/mol. The molecule has 0 aliphatic carbocycles. The molecule has 0 aromatic carbocycles. The smallest absolute Gasteiger partial charge is 0.273 e. The standard InChI is InChI=1S/C14H16N4O3S/c1-8-16-13(21-17-8)12-4-9-5-18(3-2-11(9)20-12)14(19)10-6-22-7-15-10/h6-7,9,11-12H,2-5H2,1H3/t9-,11+,12+/m0/s1. The normalized spacial score (nSPS) is 27.9. The third-order valence-electron chi connectivity index (χ3n) is 4.28. The van der Waals surface area contributed by atoms with Gasteiger partial charge in [0, 0.05) is 24.4 Å². The van der Waals surface area contributed by atoms with E-state index in [1.165, 1.54) is 11.3 Å². The lowest BCUT2D eigenvalue weighted by Crippen LogP contribution is -2.44. The average Bonchev–Trinajstić information content (AvgIpc) is 3.25. The minimum Gasteiger partial charge on any atom is -0.365 e. The number of thiazole rings is 1. The van der Waals surface area contributed by atoms with Gasteiger partial charge in [-0.05, 0) is 19.8 Å². The van der Waals surface area contributed by atoms with Gasteiger partial charge in [-0.3, -0.25) is 4.79 Å². The van der Waals surface area contributed by atoms with E-state index in [4.69, 9.17) is 9.26 Å². The van der Waals surface area contributed by atoms with Gasteiger partial charge in [0.15, 0.2) is 5.82 Å². The van der Waals surface area contributed by atoms with Crippen molar-refractivity contribution in [3.05, 3.63) is 28.3 Å². The third-order valence-corrected chi connectivity index (χ3v) is 4.86. The number of hydrogen-bond donors (Lipinski definition) is 0. The Kier molecular flexibility index (Phi) is 3.42. The number of aromatic nitrogens is 3. The summed E-state index contributed by atoms with van der Waals surface area (Å²) in [5.41, 5.74) is 2.22. The predicted octanol–water partition coefficient (Wildman–Crippen LogP) is 1.83. The first-order valence-electron chi connectivity index (χ1n) is 7.34. The van der Waals surface area contributed by atoms with E-state index in [0.717, 1.165) is 12.8 Å². The Balaban J connectivity index is 1.44. The Bertz CT molecular complexity index is 671. The van der Waals surface area contributed by atoms with Gasteiger partial charge in [-0.2, -0.15) is 4.98 Å². The molecule has 0 radical (unpaired) electrons. The van der Waals surface area contributed by atoms with Crippen LogP contribution in [0.3, 0.4) is 0 Å². The molecule has 4 rings (SSSR count). The fourth-order valence-corrected chi connectivity index (χ4v) is 3.75. The van der Waals surface area contributed by atoms with Crippen molar-refractivity contribution in [2.24, 2.45) is 5.92 Å². The zero-order valence-corrected chi connectivity index (χ0v) is 13.0. The Labute approximate surface area is 131 Å². The first-order valence-corrected chi connectivity index (χ1v) is 8.28. The summed E-state index contributed by atoms with van der Waals surface area (Å²) in [6.45, 7) is 3.20. The molecule has 2 fully saturated rings. The second kappa shape index (κ2) is 5.44. The first-order chi connectivity index (χ1) is 10.7. The van der Waals surface area contributed by atoms with Crippen LogP contribution in [-0.2, 0) is 4.74 Å². The second-order valence-electron chi connectivity index (χ2n) is 5.75. The first kappa shape index (κ1) is 13.8. The van der Waals surface area contributed by atoms with Crippen molar-refractivity contribution in [1.29, 1.82) is 0 Å². The van der Waals surface area contributed by atoms with Gasteiger partial charge in [0.2, 0.25) is 0 Å². The molecule has 2 aliphatic heterocycles. The number of ether oxygens (including phenoxy) is 1. The van der Waals surface area contributed by atoms with Crippen molar-refractivity contribution >= 4 is 17.2 Å². The number of rotatable bonds is 2. The van der Waals surface area contributed by atoms with Crippen molar-refractivity contribution in [3.63, 3.8) is 0 Å². The van der Waals surface area contributed by atoms with Crippen molar-refractivity contribution < 1.29 is 14.1 Å². The highest BCUT2D eigenvalue weighted by Crippen LogP contribution is 2.40. The van der Waals surface area contributed by atoms with Gasteiger partial charge < -0.3 is 14.2 Å². The highest BCUT2D eigenvalue weighted by molar-refractivity contribution is 7.07. The number of nitrogens with zero attached hydrogens (tertiary/aromatic N) is 4.